The number of aromatic nitrogens is 3. The molecule has 12 heteroatoms. The number of nitrogens with zero attached hydrogens (tertiary/aromatic N) is 4. The normalized spacial score (nSPS) is 11.6. The molecule has 10 nitrogen and oxygen atoms in total. The van der Waals surface area contributed by atoms with Crippen LogP contribution < -0.4 is 10.1 Å². The van der Waals surface area contributed by atoms with Gasteiger partial charge in [0.1, 0.15) is 11.3 Å². The fourth-order valence-corrected chi connectivity index (χ4v) is 7.13. The highest BCUT2D eigenvalue weighted by Crippen LogP contribution is 2.26. The molecule has 3 heterocycles. The fraction of sp³-hybridized carbons (Fsp3) is 0.258. The Kier molecular flexibility index (Phi) is 9.39. The monoisotopic (exact) mass is 619 g/mol. The van der Waals surface area contributed by atoms with Gasteiger partial charge in [0.05, 0.1) is 25.3 Å². The van der Waals surface area contributed by atoms with E-state index >= 15 is 0 Å². The molecular formula is C31H33N5O5S2. The smallest absolute Gasteiger partial charge is 0.311 e. The van der Waals surface area contributed by atoms with Gasteiger partial charge in [0.15, 0.2) is 10.8 Å². The molecule has 0 amide bonds. The molecule has 0 saturated heterocycles. The summed E-state index contributed by atoms with van der Waals surface area (Å²) < 4.78 is 46.5. The molecule has 0 unspecified atom stereocenters. The number of pyridine rings is 1. The number of methoxy groups -OCH3 is 2. The molecular weight excluding hydrogens is 587 g/mol. The molecule has 0 radical (unpaired) electrons. The average Bonchev–Trinajstić information content (AvgIpc) is 3.62. The lowest BCUT2D eigenvalue weighted by atomic mass is 10.0. The second-order valence-electron chi connectivity index (χ2n) is 9.90. The number of hydrogen-bond acceptors (Lipinski definition) is 9. The minimum atomic E-state index is -3.91. The van der Waals surface area contributed by atoms with E-state index in [1.54, 1.807) is 32.5 Å². The Hall–Kier alpha value is -4.26. The van der Waals surface area contributed by atoms with Crippen LogP contribution in [0.4, 0.5) is 5.82 Å². The first-order valence-electron chi connectivity index (χ1n) is 13.7. The average molecular weight is 620 g/mol. The number of anilines is 1. The van der Waals surface area contributed by atoms with Crippen molar-refractivity contribution in [3.05, 3.63) is 90.3 Å². The largest absolute Gasteiger partial charge is 0.497 e. The second-order valence-corrected chi connectivity index (χ2v) is 12.6. The van der Waals surface area contributed by atoms with Crippen molar-refractivity contribution in [1.29, 1.82) is 0 Å². The number of ether oxygens (including phenoxy) is 2. The zero-order valence-corrected chi connectivity index (χ0v) is 25.8. The minimum Gasteiger partial charge on any atom is -0.497 e. The molecule has 0 bridgehead atoms. The lowest BCUT2D eigenvalue weighted by Crippen LogP contribution is -2.33. The molecule has 224 valence electrons. The lowest BCUT2D eigenvalue weighted by Gasteiger charge is -2.23. The number of carbonyl (C=O) groups excluding carboxylic acids is 1. The third kappa shape index (κ3) is 6.87. The number of nitrogens with one attached hydrogen (secondary N) is 1. The van der Waals surface area contributed by atoms with E-state index < -0.39 is 16.0 Å². The number of benzene rings is 2. The van der Waals surface area contributed by atoms with Crippen LogP contribution in [0.25, 0.3) is 21.3 Å². The van der Waals surface area contributed by atoms with E-state index in [9.17, 15) is 13.2 Å². The predicted molar refractivity (Wildman–Crippen MR) is 168 cm³/mol. The van der Waals surface area contributed by atoms with E-state index in [0.29, 0.717) is 24.5 Å². The molecule has 1 N–H and O–H groups in total. The van der Waals surface area contributed by atoms with E-state index in [-0.39, 0.29) is 24.5 Å². The molecule has 0 spiro atoms. The van der Waals surface area contributed by atoms with Crippen LogP contribution in [0.1, 0.15) is 17.7 Å². The molecule has 0 fully saturated rings. The van der Waals surface area contributed by atoms with Crippen LogP contribution in [0.5, 0.6) is 5.75 Å². The van der Waals surface area contributed by atoms with Crippen LogP contribution in [0.2, 0.25) is 0 Å². The third-order valence-electron chi connectivity index (χ3n) is 7.18. The summed E-state index contributed by atoms with van der Waals surface area (Å²) in [7, 11) is 0.675. The summed E-state index contributed by atoms with van der Waals surface area (Å²) in [5.74, 6) is 1.04. The van der Waals surface area contributed by atoms with E-state index in [1.807, 2.05) is 60.7 Å². The van der Waals surface area contributed by atoms with Crippen LogP contribution in [0.3, 0.4) is 0 Å². The third-order valence-corrected chi connectivity index (χ3v) is 9.91. The Bertz CT molecular complexity index is 1800. The summed E-state index contributed by atoms with van der Waals surface area (Å²) in [6, 6.07) is 22.7. The molecule has 0 aliphatic heterocycles. The molecule has 3 aromatic heterocycles. The van der Waals surface area contributed by atoms with Gasteiger partial charge in [0.2, 0.25) is 0 Å². The van der Waals surface area contributed by atoms with Crippen molar-refractivity contribution in [1.82, 2.24) is 18.2 Å². The van der Waals surface area contributed by atoms with Gasteiger partial charge in [-0.15, -0.1) is 0 Å². The van der Waals surface area contributed by atoms with Crippen molar-refractivity contribution >= 4 is 43.6 Å². The molecule has 0 atom stereocenters. The first kappa shape index (κ1) is 30.2. The van der Waals surface area contributed by atoms with Gasteiger partial charge in [-0.25, -0.2) is 8.42 Å². The number of carbonyl (C=O) groups is 1. The Morgan fingerprint density at radius 3 is 2.42 bits per heavy atom. The zero-order chi connectivity index (χ0) is 30.4. The van der Waals surface area contributed by atoms with Crippen molar-refractivity contribution in [2.75, 3.05) is 32.6 Å². The van der Waals surface area contributed by atoms with Crippen molar-refractivity contribution in [2.24, 2.45) is 7.05 Å². The molecule has 0 aliphatic rings. The van der Waals surface area contributed by atoms with E-state index in [2.05, 4.69) is 14.7 Å². The van der Waals surface area contributed by atoms with Crippen LogP contribution in [-0.2, 0) is 39.6 Å². The number of rotatable bonds is 13. The van der Waals surface area contributed by atoms with Crippen molar-refractivity contribution in [2.45, 2.75) is 24.4 Å². The van der Waals surface area contributed by atoms with Gasteiger partial charge in [-0.3, -0.25) is 9.78 Å². The highest BCUT2D eigenvalue weighted by atomic mass is 32.2. The fourth-order valence-electron chi connectivity index (χ4n) is 4.75. The Morgan fingerprint density at radius 1 is 1.00 bits per heavy atom. The van der Waals surface area contributed by atoms with Gasteiger partial charge in [-0.05, 0) is 71.0 Å². The van der Waals surface area contributed by atoms with Gasteiger partial charge in [-0.2, -0.15) is 8.68 Å². The topological polar surface area (TPSA) is 116 Å². The van der Waals surface area contributed by atoms with Crippen molar-refractivity contribution in [3.8, 4) is 16.9 Å². The van der Waals surface area contributed by atoms with Gasteiger partial charge in [0, 0.05) is 38.6 Å². The van der Waals surface area contributed by atoms with Crippen LogP contribution >= 0.6 is 11.5 Å². The molecule has 5 aromatic rings. The molecule has 2 aromatic carbocycles. The second kappa shape index (κ2) is 13.4. The van der Waals surface area contributed by atoms with Crippen LogP contribution in [0, 0.1) is 0 Å². The minimum absolute atomic E-state index is 0.0190. The summed E-state index contributed by atoms with van der Waals surface area (Å²) in [6.45, 7) is 0.963. The predicted octanol–water partition coefficient (Wildman–Crippen LogP) is 5.11. The van der Waals surface area contributed by atoms with Gasteiger partial charge in [-0.1, -0.05) is 36.4 Å². The quantitative estimate of drug-likeness (QED) is 0.143. The zero-order valence-electron chi connectivity index (χ0n) is 24.2. The van der Waals surface area contributed by atoms with Gasteiger partial charge >= 0.3 is 5.97 Å². The van der Waals surface area contributed by atoms with Crippen LogP contribution in [0.15, 0.2) is 84.0 Å². The summed E-state index contributed by atoms with van der Waals surface area (Å²) in [5, 5.41) is 3.42. The summed E-state index contributed by atoms with van der Waals surface area (Å²) >= 11 is 1.37. The first-order chi connectivity index (χ1) is 20.8. The maximum absolute atomic E-state index is 14.0. The SMILES string of the molecule is COC(=O)Cc1ccc(S(=O)(=O)N(CCCNc2nsc3cccnc23)Cc2ccc(-c3ccc(OC)cc3)cc2)n1C. The molecule has 43 heavy (non-hydrogen) atoms. The summed E-state index contributed by atoms with van der Waals surface area (Å²) in [5.41, 5.74) is 4.26. The standard InChI is InChI=1S/C31H33N5O5S2/c1-35-25(20-29(37)41-3)13-16-28(35)43(38,39)36(19-5-18-33-31-30-27(42-34-31)6-4-17-32-30)21-22-7-9-23(10-8-22)24-11-14-26(40-2)15-12-24/h4,6-17H,5,18-21H2,1-3H3,(H,33,34). The Balaban J connectivity index is 1.35. The highest BCUT2D eigenvalue weighted by molar-refractivity contribution is 7.89. The van der Waals surface area contributed by atoms with Crippen molar-refractivity contribution in [3.63, 3.8) is 0 Å². The maximum Gasteiger partial charge on any atom is 0.311 e. The summed E-state index contributed by atoms with van der Waals surface area (Å²) in [4.78, 5) is 16.3. The van der Waals surface area contributed by atoms with E-state index in [0.717, 1.165) is 32.7 Å². The van der Waals surface area contributed by atoms with E-state index in [1.165, 1.54) is 27.5 Å². The molecule has 5 rings (SSSR count). The summed E-state index contributed by atoms with van der Waals surface area (Å²) in [6.07, 6.45) is 2.24. The molecule has 0 saturated carbocycles. The number of sulfonamides is 1. The highest BCUT2D eigenvalue weighted by Gasteiger charge is 2.28. The number of fused-ring (bicyclic) bond motifs is 1. The first-order valence-corrected chi connectivity index (χ1v) is 15.9. The van der Waals surface area contributed by atoms with Gasteiger partial charge in [0.25, 0.3) is 10.0 Å². The Morgan fingerprint density at radius 2 is 1.72 bits per heavy atom. The molecule has 0 aliphatic carbocycles. The number of esters is 1. The lowest BCUT2D eigenvalue weighted by molar-refractivity contribution is -0.139. The maximum atomic E-state index is 14.0. The number of hydrogen-bond donors (Lipinski definition) is 1. The van der Waals surface area contributed by atoms with Crippen molar-refractivity contribution < 1.29 is 22.7 Å². The van der Waals surface area contributed by atoms with E-state index in [4.69, 9.17) is 9.47 Å². The van der Waals surface area contributed by atoms with Gasteiger partial charge < -0.3 is 19.4 Å². The van der Waals surface area contributed by atoms with Crippen LogP contribution in [-0.4, -0.2) is 59.9 Å². The Labute approximate surface area is 255 Å².